The molecule has 0 aliphatic heterocycles. The molecular weight excluding hydrogens is 419 g/mol. The molecule has 0 fully saturated rings. The number of methoxy groups -OCH3 is 1. The van der Waals surface area contributed by atoms with E-state index in [1.165, 1.54) is 0 Å². The lowest BCUT2D eigenvalue weighted by atomic mass is 10.2. The van der Waals surface area contributed by atoms with Gasteiger partial charge in [0, 0.05) is 21.2 Å². The van der Waals surface area contributed by atoms with Gasteiger partial charge in [0.05, 0.1) is 11.6 Å². The van der Waals surface area contributed by atoms with Gasteiger partial charge in [-0.25, -0.2) is 0 Å². The molecule has 0 atom stereocenters. The third-order valence-electron chi connectivity index (χ3n) is 3.22. The van der Waals surface area contributed by atoms with Crippen LogP contribution in [0.15, 0.2) is 34.8 Å². The normalized spacial score (nSPS) is 10.7. The van der Waals surface area contributed by atoms with Crippen LogP contribution < -0.4 is 9.47 Å². The molecule has 0 radical (unpaired) electrons. The van der Waals surface area contributed by atoms with E-state index in [2.05, 4.69) is 36.6 Å². The molecule has 3 aromatic rings. The third-order valence-corrected chi connectivity index (χ3v) is 4.40. The van der Waals surface area contributed by atoms with E-state index < -0.39 is 0 Å². The summed E-state index contributed by atoms with van der Waals surface area (Å²) in [6, 6.07) is 8.85. The predicted octanol–water partition coefficient (Wildman–Crippen LogP) is 4.52. The number of aromatic nitrogens is 4. The minimum absolute atomic E-state index is 0.270. The summed E-state index contributed by atoms with van der Waals surface area (Å²) in [6.45, 7) is 0.270. The van der Waals surface area contributed by atoms with Crippen molar-refractivity contribution in [1.82, 2.24) is 20.6 Å². The van der Waals surface area contributed by atoms with Crippen LogP contribution in [-0.4, -0.2) is 27.7 Å². The van der Waals surface area contributed by atoms with Crippen LogP contribution in [-0.2, 0) is 6.61 Å². The first-order valence-corrected chi connectivity index (χ1v) is 8.31. The highest BCUT2D eigenvalue weighted by molar-refractivity contribution is 9.10. The summed E-state index contributed by atoms with van der Waals surface area (Å²) in [5, 5.41) is 15.0. The summed E-state index contributed by atoms with van der Waals surface area (Å²) < 4.78 is 12.0. The molecule has 1 aromatic heterocycles. The summed E-state index contributed by atoms with van der Waals surface area (Å²) in [5.74, 6) is 1.55. The molecule has 2 aromatic carbocycles. The molecule has 0 amide bonds. The number of benzene rings is 2. The SMILES string of the molecule is COc1cc(-c2nn[nH]n2)cc(Br)c1OCc1ccc(Cl)cc1Cl. The van der Waals surface area contributed by atoms with E-state index in [1.54, 1.807) is 25.3 Å². The number of ether oxygens (including phenoxy) is 2. The number of hydrogen-bond donors (Lipinski definition) is 1. The van der Waals surface area contributed by atoms with Crippen molar-refractivity contribution >= 4 is 39.1 Å². The van der Waals surface area contributed by atoms with E-state index in [-0.39, 0.29) is 6.61 Å². The number of nitrogens with zero attached hydrogens (tertiary/aromatic N) is 3. The highest BCUT2D eigenvalue weighted by Crippen LogP contribution is 2.39. The number of H-pyrrole nitrogens is 1. The van der Waals surface area contributed by atoms with Gasteiger partial charge in [0.1, 0.15) is 6.61 Å². The van der Waals surface area contributed by atoms with Gasteiger partial charge in [-0.2, -0.15) is 5.21 Å². The number of nitrogens with one attached hydrogen (secondary N) is 1. The van der Waals surface area contributed by atoms with E-state index in [1.807, 2.05) is 12.1 Å². The smallest absolute Gasteiger partial charge is 0.204 e. The molecule has 0 saturated heterocycles. The first kappa shape index (κ1) is 17.0. The Kier molecular flexibility index (Phi) is 5.23. The third kappa shape index (κ3) is 3.63. The van der Waals surface area contributed by atoms with Crippen molar-refractivity contribution in [2.24, 2.45) is 0 Å². The fraction of sp³-hybridized carbons (Fsp3) is 0.133. The largest absolute Gasteiger partial charge is 0.493 e. The fourth-order valence-corrected chi connectivity index (χ4v) is 3.08. The van der Waals surface area contributed by atoms with Crippen LogP contribution in [0.25, 0.3) is 11.4 Å². The lowest BCUT2D eigenvalue weighted by molar-refractivity contribution is 0.283. The Morgan fingerprint density at radius 2 is 2.04 bits per heavy atom. The zero-order chi connectivity index (χ0) is 17.1. The zero-order valence-corrected chi connectivity index (χ0v) is 15.5. The molecule has 1 heterocycles. The van der Waals surface area contributed by atoms with Crippen molar-refractivity contribution in [2.75, 3.05) is 7.11 Å². The summed E-state index contributed by atoms with van der Waals surface area (Å²) in [6.07, 6.45) is 0. The van der Waals surface area contributed by atoms with E-state index in [0.717, 1.165) is 11.1 Å². The second kappa shape index (κ2) is 7.38. The van der Waals surface area contributed by atoms with Crippen LogP contribution in [0.5, 0.6) is 11.5 Å². The molecule has 0 bridgehead atoms. The average molecular weight is 430 g/mol. The van der Waals surface area contributed by atoms with Crippen molar-refractivity contribution in [3.8, 4) is 22.9 Å². The van der Waals surface area contributed by atoms with Gasteiger partial charge >= 0.3 is 0 Å². The van der Waals surface area contributed by atoms with Gasteiger partial charge in [0.15, 0.2) is 11.5 Å². The highest BCUT2D eigenvalue weighted by Gasteiger charge is 2.15. The first-order valence-electron chi connectivity index (χ1n) is 6.76. The predicted molar refractivity (Wildman–Crippen MR) is 94.7 cm³/mol. The second-order valence-corrected chi connectivity index (χ2v) is 6.45. The Hall–Kier alpha value is -1.83. The van der Waals surface area contributed by atoms with Crippen molar-refractivity contribution in [3.63, 3.8) is 0 Å². The standard InChI is InChI=1S/C15H11BrCl2N4O2/c1-23-13-5-9(15-19-21-22-20-15)4-11(16)14(13)24-7-8-2-3-10(17)6-12(8)18/h2-6H,7H2,1H3,(H,19,20,21,22). The molecule has 124 valence electrons. The minimum atomic E-state index is 0.270. The van der Waals surface area contributed by atoms with Crippen LogP contribution in [0, 0.1) is 0 Å². The van der Waals surface area contributed by atoms with Gasteiger partial charge < -0.3 is 9.47 Å². The molecule has 0 spiro atoms. The molecule has 0 saturated carbocycles. The molecular formula is C15H11BrCl2N4O2. The van der Waals surface area contributed by atoms with Crippen LogP contribution in [0.1, 0.15) is 5.56 Å². The van der Waals surface area contributed by atoms with Crippen molar-refractivity contribution in [1.29, 1.82) is 0 Å². The van der Waals surface area contributed by atoms with Gasteiger partial charge in [-0.15, -0.1) is 10.2 Å². The number of aromatic amines is 1. The Morgan fingerprint density at radius 1 is 1.21 bits per heavy atom. The molecule has 24 heavy (non-hydrogen) atoms. The average Bonchev–Trinajstić information content (AvgIpc) is 3.09. The topological polar surface area (TPSA) is 72.9 Å². The highest BCUT2D eigenvalue weighted by atomic mass is 79.9. The monoisotopic (exact) mass is 428 g/mol. The summed E-state index contributed by atoms with van der Waals surface area (Å²) in [4.78, 5) is 0. The van der Waals surface area contributed by atoms with Gasteiger partial charge in [-0.1, -0.05) is 29.3 Å². The van der Waals surface area contributed by atoms with Crippen LogP contribution in [0.4, 0.5) is 0 Å². The Labute approximate surface area is 156 Å². The van der Waals surface area contributed by atoms with Crippen molar-refractivity contribution in [3.05, 3.63) is 50.4 Å². The summed E-state index contributed by atoms with van der Waals surface area (Å²) in [7, 11) is 1.56. The Morgan fingerprint density at radius 3 is 2.71 bits per heavy atom. The molecule has 0 aliphatic rings. The lowest BCUT2D eigenvalue weighted by Crippen LogP contribution is -2.00. The number of hydrogen-bond acceptors (Lipinski definition) is 5. The van der Waals surface area contributed by atoms with E-state index >= 15 is 0 Å². The van der Waals surface area contributed by atoms with Crippen LogP contribution >= 0.6 is 39.1 Å². The maximum atomic E-state index is 6.17. The van der Waals surface area contributed by atoms with Crippen LogP contribution in [0.3, 0.4) is 0 Å². The van der Waals surface area contributed by atoms with Gasteiger partial charge in [0.2, 0.25) is 5.82 Å². The molecule has 6 nitrogen and oxygen atoms in total. The van der Waals surface area contributed by atoms with Gasteiger partial charge in [-0.05, 0) is 45.4 Å². The lowest BCUT2D eigenvalue weighted by Gasteiger charge is -2.14. The molecule has 0 aliphatic carbocycles. The second-order valence-electron chi connectivity index (χ2n) is 4.75. The maximum Gasteiger partial charge on any atom is 0.204 e. The molecule has 1 N–H and O–H groups in total. The molecule has 3 rings (SSSR count). The van der Waals surface area contributed by atoms with E-state index in [9.17, 15) is 0 Å². The fourth-order valence-electron chi connectivity index (χ4n) is 2.06. The summed E-state index contributed by atoms with van der Waals surface area (Å²) >= 11 is 15.6. The zero-order valence-electron chi connectivity index (χ0n) is 12.4. The maximum absolute atomic E-state index is 6.17. The van der Waals surface area contributed by atoms with Crippen LogP contribution in [0.2, 0.25) is 10.0 Å². The number of halogens is 3. The van der Waals surface area contributed by atoms with E-state index in [4.69, 9.17) is 32.7 Å². The number of tetrazole rings is 1. The minimum Gasteiger partial charge on any atom is -0.493 e. The quantitative estimate of drug-likeness (QED) is 0.645. The van der Waals surface area contributed by atoms with Crippen molar-refractivity contribution < 1.29 is 9.47 Å². The van der Waals surface area contributed by atoms with E-state index in [0.29, 0.717) is 31.8 Å². The Bertz CT molecular complexity index is 859. The van der Waals surface area contributed by atoms with Gasteiger partial charge in [0.25, 0.3) is 0 Å². The summed E-state index contributed by atoms with van der Waals surface area (Å²) in [5.41, 5.74) is 1.56. The van der Waals surface area contributed by atoms with Gasteiger partial charge in [-0.3, -0.25) is 0 Å². The molecule has 9 heteroatoms. The number of rotatable bonds is 5. The first-order chi connectivity index (χ1) is 11.6. The Balaban J connectivity index is 1.87. The molecule has 0 unspecified atom stereocenters. The van der Waals surface area contributed by atoms with Crippen molar-refractivity contribution in [2.45, 2.75) is 6.61 Å².